The second kappa shape index (κ2) is 30.2. The zero-order chi connectivity index (χ0) is 54.8. The standard InChI is InChI=1S/C54H40N2.C8H9N.2C5H8.C2H6/c1-37-14-9-11-22-49(37)39-24-28-43(29-25-39)53-35-47(33-51(55-53)41-16-5-3-6-17-41)45-20-13-21-46(32-45)48-34-52(42-18-7-4-8-19-42)56-54(36-48)44-30-26-40(27-31-44)50-23-12-10-15-38(50)2;1-7(9)8-5-3-2-4-6-8;2*1-3-5-4-2;1-2/h3-36H,1-2H3;2-6,9H,1H3;2*3-5H,1H2,2H3;1-2H3/b;;2*5-4-;. The zero-order valence-corrected chi connectivity index (χ0v) is 45.8. The van der Waals surface area contributed by atoms with Crippen molar-refractivity contribution in [3.63, 3.8) is 0 Å². The Morgan fingerprint density at radius 3 is 0.948 bits per heavy atom. The SMILES string of the molecule is C=C/C=C\C.C=C/C=C\C.CC.CC(=N)c1ccccc1.Cc1ccccc1-c1ccc(-c2cc(-c3cccc(-c4cc(-c5ccccc5)nc(-c5ccc(-c6ccccc6C)cc5)c4)c3)cc(-c3ccccc3)n2)cc1. The lowest BCUT2D eigenvalue weighted by Crippen LogP contribution is -1.93. The number of rotatable bonds is 11. The molecule has 382 valence electrons. The third kappa shape index (κ3) is 16.3. The van der Waals surface area contributed by atoms with Gasteiger partial charge in [0.15, 0.2) is 0 Å². The van der Waals surface area contributed by atoms with Crippen LogP contribution in [0, 0.1) is 19.3 Å². The summed E-state index contributed by atoms with van der Waals surface area (Å²) in [5.41, 5.74) is 21.6. The molecular weight excluding hydrogens is 931 g/mol. The Bertz CT molecular complexity index is 3290. The highest BCUT2D eigenvalue weighted by Crippen LogP contribution is 2.36. The fourth-order valence-corrected chi connectivity index (χ4v) is 8.48. The molecule has 3 nitrogen and oxygen atoms in total. The van der Waals surface area contributed by atoms with Crippen LogP contribution in [0.1, 0.15) is 51.3 Å². The molecule has 0 saturated carbocycles. The van der Waals surface area contributed by atoms with Gasteiger partial charge in [-0.3, -0.25) is 0 Å². The summed E-state index contributed by atoms with van der Waals surface area (Å²) in [6.07, 6.45) is 11.2. The highest BCUT2D eigenvalue weighted by molar-refractivity contribution is 5.96. The predicted octanol–water partition coefficient (Wildman–Crippen LogP) is 21.0. The van der Waals surface area contributed by atoms with E-state index in [0.29, 0.717) is 5.71 Å². The maximum absolute atomic E-state index is 7.24. The van der Waals surface area contributed by atoms with Crippen LogP contribution in [0.2, 0.25) is 0 Å². The van der Waals surface area contributed by atoms with Crippen molar-refractivity contribution in [2.45, 2.75) is 48.5 Å². The van der Waals surface area contributed by atoms with Crippen molar-refractivity contribution in [1.82, 2.24) is 9.97 Å². The van der Waals surface area contributed by atoms with Crippen LogP contribution in [0.5, 0.6) is 0 Å². The minimum Gasteiger partial charge on any atom is -0.305 e. The molecule has 0 radical (unpaired) electrons. The van der Waals surface area contributed by atoms with Crippen molar-refractivity contribution in [2.75, 3.05) is 0 Å². The van der Waals surface area contributed by atoms with Crippen LogP contribution in [0.25, 0.3) is 89.5 Å². The fraction of sp³-hybridized carbons (Fsp3) is 0.0946. The normalized spacial score (nSPS) is 10.3. The van der Waals surface area contributed by atoms with Crippen LogP contribution in [0.3, 0.4) is 0 Å². The van der Waals surface area contributed by atoms with E-state index in [9.17, 15) is 0 Å². The van der Waals surface area contributed by atoms with Crippen molar-refractivity contribution in [3.05, 3.63) is 303 Å². The molecule has 0 spiro atoms. The molecule has 2 heterocycles. The summed E-state index contributed by atoms with van der Waals surface area (Å²) < 4.78 is 0. The number of allylic oxidation sites excluding steroid dienone is 6. The van der Waals surface area contributed by atoms with Crippen LogP contribution >= 0.6 is 0 Å². The molecule has 0 atom stereocenters. The Morgan fingerprint density at radius 2 is 0.649 bits per heavy atom. The van der Waals surface area contributed by atoms with E-state index < -0.39 is 0 Å². The number of hydrogen-bond donors (Lipinski definition) is 1. The molecule has 0 amide bonds. The lowest BCUT2D eigenvalue weighted by atomic mass is 9.94. The number of benzene rings is 8. The molecule has 2 aromatic heterocycles. The third-order valence-corrected chi connectivity index (χ3v) is 12.5. The molecule has 0 aliphatic heterocycles. The summed E-state index contributed by atoms with van der Waals surface area (Å²) >= 11 is 0. The van der Waals surface area contributed by atoms with Gasteiger partial charge in [-0.25, -0.2) is 9.97 Å². The Morgan fingerprint density at radius 1 is 0.351 bits per heavy atom. The van der Waals surface area contributed by atoms with Gasteiger partial charge in [0.2, 0.25) is 0 Å². The van der Waals surface area contributed by atoms with Gasteiger partial charge in [-0.2, -0.15) is 0 Å². The number of hydrogen-bond acceptors (Lipinski definition) is 3. The summed E-state index contributed by atoms with van der Waals surface area (Å²) in [6, 6.07) is 82.9. The van der Waals surface area contributed by atoms with E-state index in [0.717, 1.165) is 72.8 Å². The van der Waals surface area contributed by atoms with E-state index in [2.05, 4.69) is 221 Å². The van der Waals surface area contributed by atoms with Gasteiger partial charge >= 0.3 is 0 Å². The monoisotopic (exact) mass is 1000 g/mol. The first-order valence-electron chi connectivity index (χ1n) is 26.4. The number of aryl methyl sites for hydroxylation is 2. The first-order chi connectivity index (χ1) is 37.7. The van der Waals surface area contributed by atoms with E-state index in [1.807, 2.05) is 94.5 Å². The fourth-order valence-electron chi connectivity index (χ4n) is 8.48. The quantitative estimate of drug-likeness (QED) is 0.104. The van der Waals surface area contributed by atoms with Gasteiger partial charge in [0.1, 0.15) is 0 Å². The van der Waals surface area contributed by atoms with Crippen LogP contribution < -0.4 is 0 Å². The van der Waals surface area contributed by atoms with Crippen LogP contribution in [0.15, 0.2) is 286 Å². The highest BCUT2D eigenvalue weighted by Gasteiger charge is 2.14. The summed E-state index contributed by atoms with van der Waals surface area (Å²) in [7, 11) is 0. The molecule has 0 fully saturated rings. The van der Waals surface area contributed by atoms with Gasteiger partial charge in [0.25, 0.3) is 0 Å². The van der Waals surface area contributed by atoms with Gasteiger partial charge in [-0.05, 0) is 126 Å². The predicted molar refractivity (Wildman–Crippen MR) is 335 cm³/mol. The lowest BCUT2D eigenvalue weighted by Gasteiger charge is -2.14. The van der Waals surface area contributed by atoms with Crippen LogP contribution in [-0.2, 0) is 0 Å². The lowest BCUT2D eigenvalue weighted by molar-refractivity contribution is 1.32. The Labute approximate surface area is 459 Å². The van der Waals surface area contributed by atoms with E-state index in [-0.39, 0.29) is 0 Å². The van der Waals surface area contributed by atoms with Gasteiger partial charge < -0.3 is 5.41 Å². The summed E-state index contributed by atoms with van der Waals surface area (Å²) in [4.78, 5) is 10.4. The summed E-state index contributed by atoms with van der Waals surface area (Å²) in [5.74, 6) is 0. The molecule has 0 unspecified atom stereocenters. The molecular formula is C74H71N3. The molecule has 10 rings (SSSR count). The molecule has 0 aliphatic rings. The van der Waals surface area contributed by atoms with E-state index in [4.69, 9.17) is 15.4 Å². The highest BCUT2D eigenvalue weighted by atomic mass is 14.7. The Kier molecular flexibility index (Phi) is 22.3. The molecule has 77 heavy (non-hydrogen) atoms. The molecule has 0 aliphatic carbocycles. The van der Waals surface area contributed by atoms with Crippen molar-refractivity contribution in [3.8, 4) is 89.5 Å². The van der Waals surface area contributed by atoms with E-state index in [1.165, 1.54) is 33.4 Å². The second-order valence-electron chi connectivity index (χ2n) is 17.9. The molecule has 1 N–H and O–H groups in total. The number of nitrogens with zero attached hydrogens (tertiary/aromatic N) is 2. The van der Waals surface area contributed by atoms with Gasteiger partial charge in [0, 0.05) is 28.0 Å². The average Bonchev–Trinajstić information content (AvgIpc) is 3.50. The van der Waals surface area contributed by atoms with E-state index >= 15 is 0 Å². The number of aromatic nitrogens is 2. The van der Waals surface area contributed by atoms with Crippen molar-refractivity contribution >= 4 is 5.71 Å². The van der Waals surface area contributed by atoms with Gasteiger partial charge in [0.05, 0.1) is 22.8 Å². The first kappa shape index (κ1) is 57.0. The summed E-state index contributed by atoms with van der Waals surface area (Å²) in [6.45, 7) is 21.0. The van der Waals surface area contributed by atoms with Gasteiger partial charge in [-0.1, -0.05) is 270 Å². The van der Waals surface area contributed by atoms with Crippen molar-refractivity contribution in [2.24, 2.45) is 0 Å². The third-order valence-electron chi connectivity index (χ3n) is 12.5. The zero-order valence-electron chi connectivity index (χ0n) is 45.8. The molecule has 10 aromatic rings. The topological polar surface area (TPSA) is 49.6 Å². The number of nitrogens with one attached hydrogen (secondary N) is 1. The minimum atomic E-state index is 0.621. The first-order valence-corrected chi connectivity index (χ1v) is 26.4. The van der Waals surface area contributed by atoms with Crippen molar-refractivity contribution < 1.29 is 0 Å². The van der Waals surface area contributed by atoms with E-state index in [1.54, 1.807) is 19.1 Å². The number of pyridine rings is 2. The largest absolute Gasteiger partial charge is 0.305 e. The molecule has 0 saturated heterocycles. The molecule has 8 aromatic carbocycles. The smallest absolute Gasteiger partial charge is 0.0715 e. The van der Waals surface area contributed by atoms with Gasteiger partial charge in [-0.15, -0.1) is 0 Å². The Balaban J connectivity index is 0.000000387. The van der Waals surface area contributed by atoms with Crippen molar-refractivity contribution in [1.29, 1.82) is 5.41 Å². The maximum Gasteiger partial charge on any atom is 0.0715 e. The second-order valence-corrected chi connectivity index (χ2v) is 17.9. The molecule has 3 heteroatoms. The van der Waals surface area contributed by atoms with Crippen LogP contribution in [-0.4, -0.2) is 15.7 Å². The van der Waals surface area contributed by atoms with Crippen LogP contribution in [0.4, 0.5) is 0 Å². The maximum atomic E-state index is 7.24. The minimum absolute atomic E-state index is 0.621. The molecule has 0 bridgehead atoms. The average molecular weight is 1000 g/mol. The Hall–Kier alpha value is -9.31. The summed E-state index contributed by atoms with van der Waals surface area (Å²) in [5, 5.41) is 7.24.